The summed E-state index contributed by atoms with van der Waals surface area (Å²) in [6, 6.07) is 18.0. The molecular weight excluding hydrogens is 604 g/mol. The molecule has 6 rings (SSSR count). The lowest BCUT2D eigenvalue weighted by molar-refractivity contribution is -0.167. The van der Waals surface area contributed by atoms with Crippen LogP contribution in [0.4, 0.5) is 0 Å². The maximum absolute atomic E-state index is 14.4. The van der Waals surface area contributed by atoms with Gasteiger partial charge in [0.15, 0.2) is 11.5 Å². The Kier molecular flexibility index (Phi) is 12.6. The molecule has 0 spiro atoms. The molecule has 0 aromatic heterocycles. The molecule has 3 aliphatic rings. The maximum Gasteiger partial charge on any atom is 0.251 e. The van der Waals surface area contributed by atoms with Crippen molar-refractivity contribution >= 4 is 11.8 Å². The molecule has 0 aliphatic carbocycles. The minimum atomic E-state index is -0.771. The highest BCUT2D eigenvalue weighted by atomic mass is 16.5. The predicted octanol–water partition coefficient (Wildman–Crippen LogP) is 8.57. The van der Waals surface area contributed by atoms with E-state index in [1.165, 1.54) is 0 Å². The van der Waals surface area contributed by atoms with E-state index in [2.05, 4.69) is 27.7 Å². The molecule has 0 saturated carbocycles. The van der Waals surface area contributed by atoms with Crippen LogP contribution in [0.5, 0.6) is 23.0 Å². The number of carbonyl (C=O) groups is 2. The summed E-state index contributed by atoms with van der Waals surface area (Å²) in [4.78, 5) is 32.3. The Morgan fingerprint density at radius 1 is 0.500 bits per heavy atom. The van der Waals surface area contributed by atoms with Crippen molar-refractivity contribution in [2.75, 3.05) is 26.4 Å². The first-order valence-electron chi connectivity index (χ1n) is 18.0. The minimum absolute atomic E-state index is 0.0888. The number of benzene rings is 3. The van der Waals surface area contributed by atoms with Gasteiger partial charge >= 0.3 is 0 Å². The second-order valence-electron chi connectivity index (χ2n) is 12.8. The van der Waals surface area contributed by atoms with Crippen LogP contribution < -0.4 is 18.9 Å². The molecular formula is C40H52N2O6. The molecule has 2 bridgehead atoms. The topological polar surface area (TPSA) is 77.5 Å². The molecule has 1 saturated heterocycles. The quantitative estimate of drug-likeness (QED) is 0.113. The van der Waals surface area contributed by atoms with Crippen LogP contribution in [0.3, 0.4) is 0 Å². The summed E-state index contributed by atoms with van der Waals surface area (Å²) >= 11 is 0. The van der Waals surface area contributed by atoms with Gasteiger partial charge in [0.1, 0.15) is 23.6 Å². The van der Waals surface area contributed by atoms with E-state index in [9.17, 15) is 9.59 Å². The fourth-order valence-electron chi connectivity index (χ4n) is 6.16. The lowest BCUT2D eigenvalue weighted by Gasteiger charge is -2.51. The fraction of sp³-hybridized carbons (Fsp3) is 0.500. The average Bonchev–Trinajstić information content (AvgIpc) is 3.09. The molecule has 0 radical (unpaired) electrons. The molecule has 48 heavy (non-hydrogen) atoms. The number of hydrogen-bond donors (Lipinski definition) is 0. The number of carbonyl (C=O) groups excluding carboxylic acids is 2. The van der Waals surface area contributed by atoms with Gasteiger partial charge in [0.25, 0.3) is 11.8 Å². The number of nitrogens with zero attached hydrogens (tertiary/aromatic N) is 2. The standard InChI is InChI=1S/C40H52N2O6/c1-5-9-21-45-31-17-13-29(14-18-31)27-41-37-33-25-35(47-23-11-7-3)36(48-24-12-8-4)26-34(33)38(39(41)43)42(40(37)44)28-30-15-19-32(20-16-30)46-22-10-6-2/h13-20,25-26,37-38H,5-12,21-24,27-28H2,1-4H3. The highest BCUT2D eigenvalue weighted by Crippen LogP contribution is 2.50. The summed E-state index contributed by atoms with van der Waals surface area (Å²) in [5, 5.41) is 0. The number of rotatable bonds is 20. The lowest BCUT2D eigenvalue weighted by Crippen LogP contribution is -2.60. The molecule has 8 nitrogen and oxygen atoms in total. The van der Waals surface area contributed by atoms with Crippen LogP contribution in [0.2, 0.25) is 0 Å². The second kappa shape index (κ2) is 17.3. The molecule has 3 aromatic rings. The Morgan fingerprint density at radius 3 is 1.17 bits per heavy atom. The van der Waals surface area contributed by atoms with E-state index < -0.39 is 12.1 Å². The first kappa shape index (κ1) is 35.1. The summed E-state index contributed by atoms with van der Waals surface area (Å²) in [6.07, 6.45) is 7.97. The molecule has 2 unspecified atom stereocenters. The molecule has 3 aliphatic heterocycles. The van der Waals surface area contributed by atoms with Gasteiger partial charge < -0.3 is 28.7 Å². The number of ether oxygens (including phenoxy) is 4. The van der Waals surface area contributed by atoms with Crippen molar-refractivity contribution in [3.63, 3.8) is 0 Å². The zero-order valence-electron chi connectivity index (χ0n) is 29.2. The van der Waals surface area contributed by atoms with Crippen molar-refractivity contribution in [3.05, 3.63) is 82.9 Å². The van der Waals surface area contributed by atoms with Crippen molar-refractivity contribution < 1.29 is 28.5 Å². The average molecular weight is 657 g/mol. The second-order valence-corrected chi connectivity index (χ2v) is 12.8. The molecule has 2 amide bonds. The van der Waals surface area contributed by atoms with Gasteiger partial charge in [-0.3, -0.25) is 9.59 Å². The van der Waals surface area contributed by atoms with Gasteiger partial charge in [0.05, 0.1) is 26.4 Å². The van der Waals surface area contributed by atoms with Gasteiger partial charge in [-0.15, -0.1) is 0 Å². The third kappa shape index (κ3) is 8.26. The Balaban J connectivity index is 1.46. The number of piperazine rings is 1. The molecule has 3 aromatic carbocycles. The van der Waals surface area contributed by atoms with E-state index in [4.69, 9.17) is 18.9 Å². The maximum atomic E-state index is 14.4. The van der Waals surface area contributed by atoms with Crippen molar-refractivity contribution in [2.45, 2.75) is 104 Å². The van der Waals surface area contributed by atoms with E-state index in [1.807, 2.05) is 60.7 Å². The third-order valence-corrected chi connectivity index (χ3v) is 8.99. The van der Waals surface area contributed by atoms with Crippen LogP contribution in [0.25, 0.3) is 0 Å². The van der Waals surface area contributed by atoms with Crippen LogP contribution >= 0.6 is 0 Å². The Labute approximate surface area is 286 Å². The van der Waals surface area contributed by atoms with Crippen LogP contribution in [0, 0.1) is 0 Å². The monoisotopic (exact) mass is 656 g/mol. The highest BCUT2D eigenvalue weighted by molar-refractivity contribution is 6.01. The van der Waals surface area contributed by atoms with E-state index in [-0.39, 0.29) is 11.8 Å². The van der Waals surface area contributed by atoms with E-state index in [0.717, 1.165) is 85.1 Å². The molecule has 1 fully saturated rings. The van der Waals surface area contributed by atoms with Gasteiger partial charge in [-0.2, -0.15) is 0 Å². The highest BCUT2D eigenvalue weighted by Gasteiger charge is 2.54. The SMILES string of the molecule is CCCCOc1ccc(CN2C(=O)C3c4cc(OCCCC)c(OCCCC)cc4C2C(=O)N3Cc2ccc(OCCCC)cc2)cc1. The largest absolute Gasteiger partial charge is 0.494 e. The number of fused-ring (bicyclic) bond motifs is 2. The van der Waals surface area contributed by atoms with Crippen molar-refractivity contribution in [3.8, 4) is 23.0 Å². The van der Waals surface area contributed by atoms with E-state index in [1.54, 1.807) is 9.80 Å². The Bertz CT molecular complexity index is 1380. The van der Waals surface area contributed by atoms with Crippen molar-refractivity contribution in [1.29, 1.82) is 0 Å². The van der Waals surface area contributed by atoms with Crippen molar-refractivity contribution in [2.24, 2.45) is 0 Å². The zero-order chi connectivity index (χ0) is 33.9. The predicted molar refractivity (Wildman–Crippen MR) is 188 cm³/mol. The molecule has 8 heteroatoms. The van der Waals surface area contributed by atoms with E-state index in [0.29, 0.717) is 51.0 Å². The molecule has 0 N–H and O–H groups in total. The smallest absolute Gasteiger partial charge is 0.251 e. The van der Waals surface area contributed by atoms with Gasteiger partial charge in [0.2, 0.25) is 0 Å². The minimum Gasteiger partial charge on any atom is -0.494 e. The normalized spacial score (nSPS) is 16.7. The first-order valence-corrected chi connectivity index (χ1v) is 18.0. The van der Waals surface area contributed by atoms with Crippen molar-refractivity contribution in [1.82, 2.24) is 9.80 Å². The Morgan fingerprint density at radius 2 is 0.833 bits per heavy atom. The summed E-state index contributed by atoms with van der Waals surface area (Å²) in [5.74, 6) is 2.69. The van der Waals surface area contributed by atoms with Gasteiger partial charge in [-0.05, 0) is 84.3 Å². The lowest BCUT2D eigenvalue weighted by atomic mass is 9.81. The Hall–Kier alpha value is -4.20. The molecule has 258 valence electrons. The number of hydrogen-bond acceptors (Lipinski definition) is 6. The van der Waals surface area contributed by atoms with E-state index >= 15 is 0 Å². The van der Waals surface area contributed by atoms with Crippen LogP contribution in [-0.4, -0.2) is 48.0 Å². The first-order chi connectivity index (χ1) is 23.5. The summed E-state index contributed by atoms with van der Waals surface area (Å²) < 4.78 is 24.2. The summed E-state index contributed by atoms with van der Waals surface area (Å²) in [5.41, 5.74) is 3.51. The van der Waals surface area contributed by atoms with Crippen LogP contribution in [0.15, 0.2) is 60.7 Å². The summed E-state index contributed by atoms with van der Waals surface area (Å²) in [6.45, 7) is 11.6. The van der Waals surface area contributed by atoms with Crippen LogP contribution in [-0.2, 0) is 22.7 Å². The van der Waals surface area contributed by atoms with Gasteiger partial charge in [-0.25, -0.2) is 0 Å². The fourth-order valence-corrected chi connectivity index (χ4v) is 6.16. The molecule has 3 heterocycles. The number of unbranched alkanes of at least 4 members (excludes halogenated alkanes) is 4. The van der Waals surface area contributed by atoms with Crippen LogP contribution in [0.1, 0.15) is 113 Å². The summed E-state index contributed by atoms with van der Waals surface area (Å²) in [7, 11) is 0. The van der Waals surface area contributed by atoms with Gasteiger partial charge in [-0.1, -0.05) is 77.6 Å². The zero-order valence-corrected chi connectivity index (χ0v) is 29.2. The molecule has 2 atom stereocenters. The van der Waals surface area contributed by atoms with Gasteiger partial charge in [0, 0.05) is 13.1 Å². The number of amides is 2. The third-order valence-electron chi connectivity index (χ3n) is 8.99.